The average molecular weight is 239 g/mol. The van der Waals surface area contributed by atoms with Gasteiger partial charge in [-0.15, -0.1) is 0 Å². The highest BCUT2D eigenvalue weighted by molar-refractivity contribution is 5.28. The van der Waals surface area contributed by atoms with Crippen LogP contribution in [0.2, 0.25) is 0 Å². The SMILES string of the molecule is COCC(O)CNC(C)c1ccc(OC)cc1. The lowest BCUT2D eigenvalue weighted by Crippen LogP contribution is -2.31. The summed E-state index contributed by atoms with van der Waals surface area (Å²) in [5, 5.41) is 12.8. The van der Waals surface area contributed by atoms with Gasteiger partial charge in [-0.05, 0) is 24.6 Å². The molecule has 0 amide bonds. The van der Waals surface area contributed by atoms with Gasteiger partial charge in [-0.2, -0.15) is 0 Å². The van der Waals surface area contributed by atoms with Crippen LogP contribution in [0.5, 0.6) is 5.75 Å². The molecule has 0 bridgehead atoms. The van der Waals surface area contributed by atoms with Crippen molar-refractivity contribution in [2.24, 2.45) is 0 Å². The summed E-state index contributed by atoms with van der Waals surface area (Å²) >= 11 is 0. The first-order chi connectivity index (χ1) is 8.17. The molecular formula is C13H21NO3. The zero-order chi connectivity index (χ0) is 12.7. The molecule has 0 saturated heterocycles. The summed E-state index contributed by atoms with van der Waals surface area (Å²) in [7, 11) is 3.23. The maximum absolute atomic E-state index is 9.52. The van der Waals surface area contributed by atoms with E-state index in [0.29, 0.717) is 13.2 Å². The lowest BCUT2D eigenvalue weighted by molar-refractivity contribution is 0.0630. The minimum Gasteiger partial charge on any atom is -0.497 e. The number of aliphatic hydroxyl groups is 1. The van der Waals surface area contributed by atoms with E-state index in [9.17, 15) is 5.11 Å². The van der Waals surface area contributed by atoms with Crippen LogP contribution in [0.3, 0.4) is 0 Å². The minimum atomic E-state index is -0.472. The summed E-state index contributed by atoms with van der Waals surface area (Å²) in [5.41, 5.74) is 1.16. The van der Waals surface area contributed by atoms with Gasteiger partial charge in [-0.25, -0.2) is 0 Å². The molecule has 0 spiro atoms. The number of aliphatic hydroxyl groups excluding tert-OH is 1. The van der Waals surface area contributed by atoms with E-state index in [1.807, 2.05) is 24.3 Å². The third-order valence-corrected chi connectivity index (χ3v) is 2.63. The van der Waals surface area contributed by atoms with Gasteiger partial charge in [0, 0.05) is 19.7 Å². The van der Waals surface area contributed by atoms with Gasteiger partial charge in [0.1, 0.15) is 5.75 Å². The normalized spacial score (nSPS) is 14.4. The summed E-state index contributed by atoms with van der Waals surface area (Å²) in [5.74, 6) is 0.848. The van der Waals surface area contributed by atoms with Crippen LogP contribution in [-0.4, -0.2) is 38.6 Å². The Bertz CT molecular complexity index is 313. The fraction of sp³-hybridized carbons (Fsp3) is 0.538. The Balaban J connectivity index is 2.43. The number of rotatable bonds is 7. The summed E-state index contributed by atoms with van der Waals surface area (Å²) in [6.07, 6.45) is -0.472. The smallest absolute Gasteiger partial charge is 0.118 e. The van der Waals surface area contributed by atoms with Crippen molar-refractivity contribution in [1.29, 1.82) is 0 Å². The molecule has 1 rings (SSSR count). The molecule has 96 valence electrons. The fourth-order valence-electron chi connectivity index (χ4n) is 1.57. The van der Waals surface area contributed by atoms with Gasteiger partial charge in [0.25, 0.3) is 0 Å². The van der Waals surface area contributed by atoms with Gasteiger partial charge in [-0.3, -0.25) is 0 Å². The van der Waals surface area contributed by atoms with E-state index in [4.69, 9.17) is 9.47 Å². The molecule has 4 heteroatoms. The van der Waals surface area contributed by atoms with Gasteiger partial charge in [0.05, 0.1) is 19.8 Å². The first kappa shape index (κ1) is 14.0. The Morgan fingerprint density at radius 2 is 1.88 bits per heavy atom. The maximum atomic E-state index is 9.52. The number of methoxy groups -OCH3 is 2. The van der Waals surface area contributed by atoms with Crippen molar-refractivity contribution < 1.29 is 14.6 Å². The van der Waals surface area contributed by atoms with Gasteiger partial charge in [-0.1, -0.05) is 12.1 Å². The standard InChI is InChI=1S/C13H21NO3/c1-10(14-8-12(15)9-16-2)11-4-6-13(17-3)7-5-11/h4-7,10,12,14-15H,8-9H2,1-3H3. The predicted molar refractivity (Wildman–Crippen MR) is 67.3 cm³/mol. The number of hydrogen-bond donors (Lipinski definition) is 2. The molecule has 2 N–H and O–H groups in total. The van der Waals surface area contributed by atoms with Crippen molar-refractivity contribution in [2.75, 3.05) is 27.4 Å². The molecule has 0 aliphatic rings. The van der Waals surface area contributed by atoms with Crippen LogP contribution in [0.15, 0.2) is 24.3 Å². The second kappa shape index (κ2) is 7.27. The van der Waals surface area contributed by atoms with Crippen molar-refractivity contribution in [3.63, 3.8) is 0 Å². The zero-order valence-electron chi connectivity index (χ0n) is 10.6. The summed E-state index contributed by atoms with van der Waals surface area (Å²) in [4.78, 5) is 0. The molecular weight excluding hydrogens is 218 g/mol. The summed E-state index contributed by atoms with van der Waals surface area (Å²) in [6, 6.07) is 8.07. The molecule has 0 heterocycles. The monoisotopic (exact) mass is 239 g/mol. The lowest BCUT2D eigenvalue weighted by atomic mass is 10.1. The largest absolute Gasteiger partial charge is 0.497 e. The van der Waals surface area contributed by atoms with E-state index < -0.39 is 6.10 Å². The zero-order valence-corrected chi connectivity index (χ0v) is 10.6. The molecule has 2 atom stereocenters. The van der Waals surface area contributed by atoms with Crippen molar-refractivity contribution >= 4 is 0 Å². The molecule has 0 aromatic heterocycles. The Morgan fingerprint density at radius 3 is 2.41 bits per heavy atom. The Kier molecular flexibility index (Phi) is 5.97. The molecule has 0 saturated carbocycles. The van der Waals surface area contributed by atoms with Gasteiger partial charge < -0.3 is 19.9 Å². The average Bonchev–Trinajstić information content (AvgIpc) is 2.36. The van der Waals surface area contributed by atoms with Crippen LogP contribution in [0.4, 0.5) is 0 Å². The number of hydrogen-bond acceptors (Lipinski definition) is 4. The minimum absolute atomic E-state index is 0.187. The highest BCUT2D eigenvalue weighted by Gasteiger charge is 2.08. The number of ether oxygens (including phenoxy) is 2. The second-order valence-corrected chi connectivity index (χ2v) is 4.01. The Morgan fingerprint density at radius 1 is 1.24 bits per heavy atom. The molecule has 2 unspecified atom stereocenters. The van der Waals surface area contributed by atoms with Crippen LogP contribution in [0, 0.1) is 0 Å². The molecule has 4 nitrogen and oxygen atoms in total. The van der Waals surface area contributed by atoms with Crippen LogP contribution in [0.25, 0.3) is 0 Å². The predicted octanol–water partition coefficient (Wildman–Crippen LogP) is 1.35. The van der Waals surface area contributed by atoms with E-state index in [1.165, 1.54) is 0 Å². The molecule has 1 aromatic carbocycles. The maximum Gasteiger partial charge on any atom is 0.118 e. The highest BCUT2D eigenvalue weighted by atomic mass is 16.5. The molecule has 0 aliphatic heterocycles. The molecule has 1 aromatic rings. The van der Waals surface area contributed by atoms with Gasteiger partial charge in [0.2, 0.25) is 0 Å². The van der Waals surface area contributed by atoms with E-state index in [2.05, 4.69) is 12.2 Å². The molecule has 0 radical (unpaired) electrons. The molecule has 0 fully saturated rings. The van der Waals surface area contributed by atoms with Crippen LogP contribution >= 0.6 is 0 Å². The van der Waals surface area contributed by atoms with Crippen LogP contribution in [0.1, 0.15) is 18.5 Å². The topological polar surface area (TPSA) is 50.7 Å². The van der Waals surface area contributed by atoms with E-state index in [1.54, 1.807) is 14.2 Å². The quantitative estimate of drug-likeness (QED) is 0.754. The Hall–Kier alpha value is -1.10. The summed E-state index contributed by atoms with van der Waals surface area (Å²) < 4.78 is 9.97. The van der Waals surface area contributed by atoms with Crippen LogP contribution in [-0.2, 0) is 4.74 Å². The molecule has 0 aliphatic carbocycles. The second-order valence-electron chi connectivity index (χ2n) is 4.01. The summed E-state index contributed by atoms with van der Waals surface area (Å²) in [6.45, 7) is 2.92. The first-order valence-corrected chi connectivity index (χ1v) is 5.71. The van der Waals surface area contributed by atoms with Crippen molar-refractivity contribution in [3.05, 3.63) is 29.8 Å². The van der Waals surface area contributed by atoms with Crippen molar-refractivity contribution in [3.8, 4) is 5.75 Å². The van der Waals surface area contributed by atoms with E-state index >= 15 is 0 Å². The fourth-order valence-corrected chi connectivity index (χ4v) is 1.57. The van der Waals surface area contributed by atoms with E-state index in [-0.39, 0.29) is 6.04 Å². The lowest BCUT2D eigenvalue weighted by Gasteiger charge is -2.17. The third kappa shape index (κ3) is 4.73. The highest BCUT2D eigenvalue weighted by Crippen LogP contribution is 2.16. The van der Waals surface area contributed by atoms with E-state index in [0.717, 1.165) is 11.3 Å². The van der Waals surface area contributed by atoms with Crippen molar-refractivity contribution in [1.82, 2.24) is 5.32 Å². The molecule has 17 heavy (non-hydrogen) atoms. The Labute approximate surface area is 103 Å². The first-order valence-electron chi connectivity index (χ1n) is 5.71. The van der Waals surface area contributed by atoms with Crippen molar-refractivity contribution in [2.45, 2.75) is 19.1 Å². The third-order valence-electron chi connectivity index (χ3n) is 2.63. The number of benzene rings is 1. The van der Waals surface area contributed by atoms with Gasteiger partial charge >= 0.3 is 0 Å². The van der Waals surface area contributed by atoms with Gasteiger partial charge in [0.15, 0.2) is 0 Å². The van der Waals surface area contributed by atoms with Crippen LogP contribution < -0.4 is 10.1 Å². The number of nitrogens with one attached hydrogen (secondary N) is 1.